The molecule has 0 atom stereocenters. The van der Waals surface area contributed by atoms with E-state index in [2.05, 4.69) is 25.8 Å². The number of ether oxygens (including phenoxy) is 1. The van der Waals surface area contributed by atoms with E-state index in [0.29, 0.717) is 6.61 Å². The van der Waals surface area contributed by atoms with Gasteiger partial charge in [-0.1, -0.05) is 33.8 Å². The van der Waals surface area contributed by atoms with E-state index in [4.69, 9.17) is 4.74 Å². The van der Waals surface area contributed by atoms with Crippen LogP contribution in [0.4, 0.5) is 0 Å². The van der Waals surface area contributed by atoms with E-state index in [1.165, 1.54) is 0 Å². The summed E-state index contributed by atoms with van der Waals surface area (Å²) in [5, 5.41) is 10.2. The third-order valence-corrected chi connectivity index (χ3v) is 3.32. The quantitative estimate of drug-likeness (QED) is 0.922. The van der Waals surface area contributed by atoms with E-state index >= 15 is 0 Å². The first-order valence-corrected chi connectivity index (χ1v) is 7.14. The van der Waals surface area contributed by atoms with Gasteiger partial charge in [0.2, 0.25) is 5.88 Å². The Morgan fingerprint density at radius 1 is 1.29 bits per heavy atom. The van der Waals surface area contributed by atoms with Gasteiger partial charge in [-0.05, 0) is 35.6 Å². The zero-order valence-corrected chi connectivity index (χ0v) is 12.9. The number of pyridine rings is 1. The second-order valence-corrected chi connectivity index (χ2v) is 6.15. The van der Waals surface area contributed by atoms with Gasteiger partial charge >= 0.3 is 5.97 Å². The van der Waals surface area contributed by atoms with Crippen molar-refractivity contribution < 1.29 is 14.6 Å². The van der Waals surface area contributed by atoms with Gasteiger partial charge in [-0.25, -0.2) is 9.78 Å². The van der Waals surface area contributed by atoms with Crippen molar-refractivity contribution in [2.75, 3.05) is 6.61 Å². The van der Waals surface area contributed by atoms with Crippen molar-refractivity contribution in [3.8, 4) is 5.88 Å². The van der Waals surface area contributed by atoms with Gasteiger partial charge in [0.15, 0.2) is 0 Å². The number of rotatable bonds is 4. The van der Waals surface area contributed by atoms with E-state index in [1.54, 1.807) is 6.07 Å². The molecular formula is C17H21NO3. The molecule has 1 N–H and O–H groups in total. The fourth-order valence-electron chi connectivity index (χ4n) is 2.09. The van der Waals surface area contributed by atoms with Crippen LogP contribution in [0, 0.1) is 0 Å². The van der Waals surface area contributed by atoms with Crippen LogP contribution in [-0.2, 0) is 5.41 Å². The molecule has 0 amide bonds. The van der Waals surface area contributed by atoms with Crippen molar-refractivity contribution in [2.24, 2.45) is 0 Å². The van der Waals surface area contributed by atoms with Crippen molar-refractivity contribution in [1.82, 2.24) is 4.98 Å². The number of fused-ring (bicyclic) bond motifs is 1. The molecule has 112 valence electrons. The Morgan fingerprint density at radius 2 is 2.00 bits per heavy atom. The summed E-state index contributed by atoms with van der Waals surface area (Å²) >= 11 is 0. The number of carbonyl (C=O) groups is 1. The highest BCUT2D eigenvalue weighted by molar-refractivity contribution is 5.95. The average molecular weight is 287 g/mol. The zero-order valence-electron chi connectivity index (χ0n) is 12.9. The molecular weight excluding hydrogens is 266 g/mol. The minimum Gasteiger partial charge on any atom is -0.477 e. The predicted octanol–water partition coefficient (Wildman–Crippen LogP) is 4.02. The molecule has 0 bridgehead atoms. The molecule has 21 heavy (non-hydrogen) atoms. The summed E-state index contributed by atoms with van der Waals surface area (Å²) in [6.45, 7) is 8.80. The van der Waals surface area contributed by atoms with Crippen LogP contribution >= 0.6 is 0 Å². The molecule has 1 aromatic heterocycles. The lowest BCUT2D eigenvalue weighted by molar-refractivity contribution is 0.0691. The monoisotopic (exact) mass is 287 g/mol. The third kappa shape index (κ3) is 3.32. The normalized spacial score (nSPS) is 11.6. The number of hydrogen-bond acceptors (Lipinski definition) is 3. The van der Waals surface area contributed by atoms with Crippen molar-refractivity contribution in [3.05, 3.63) is 35.4 Å². The lowest BCUT2D eigenvalue weighted by Crippen LogP contribution is -2.11. The van der Waals surface area contributed by atoms with Crippen molar-refractivity contribution in [3.63, 3.8) is 0 Å². The Bertz CT molecular complexity index is 672. The van der Waals surface area contributed by atoms with E-state index in [-0.39, 0.29) is 16.9 Å². The van der Waals surface area contributed by atoms with E-state index < -0.39 is 5.97 Å². The SMILES string of the molecule is CCCOc1nc2ccc(C(C)(C)C)cc2cc1C(=O)O. The molecule has 0 saturated carbocycles. The number of benzene rings is 1. The molecule has 0 unspecified atom stereocenters. The lowest BCUT2D eigenvalue weighted by atomic mass is 9.86. The smallest absolute Gasteiger partial charge is 0.341 e. The largest absolute Gasteiger partial charge is 0.477 e. The minimum atomic E-state index is -1.02. The Labute approximate surface area is 124 Å². The molecule has 4 heteroatoms. The fraction of sp³-hybridized carbons (Fsp3) is 0.412. The number of aromatic nitrogens is 1. The van der Waals surface area contributed by atoms with Gasteiger partial charge in [0.25, 0.3) is 0 Å². The molecule has 0 aliphatic carbocycles. The van der Waals surface area contributed by atoms with Crippen LogP contribution in [0.1, 0.15) is 50.0 Å². The Balaban J connectivity index is 2.58. The molecule has 2 aromatic rings. The average Bonchev–Trinajstić information content (AvgIpc) is 2.42. The number of nitrogens with zero attached hydrogens (tertiary/aromatic N) is 1. The Morgan fingerprint density at radius 3 is 2.57 bits per heavy atom. The maximum Gasteiger partial charge on any atom is 0.341 e. The Hall–Kier alpha value is -2.10. The topological polar surface area (TPSA) is 59.4 Å². The molecule has 0 fully saturated rings. The summed E-state index contributed by atoms with van der Waals surface area (Å²) in [5.74, 6) is -0.822. The molecule has 4 nitrogen and oxygen atoms in total. The summed E-state index contributed by atoms with van der Waals surface area (Å²) in [6.07, 6.45) is 0.807. The molecule has 0 aliphatic heterocycles. The van der Waals surface area contributed by atoms with Crippen molar-refractivity contribution in [2.45, 2.75) is 39.5 Å². The van der Waals surface area contributed by atoms with Gasteiger partial charge in [-0.3, -0.25) is 0 Å². The maximum atomic E-state index is 11.4. The van der Waals surface area contributed by atoms with Gasteiger partial charge in [0.05, 0.1) is 12.1 Å². The molecule has 0 saturated heterocycles. The number of carboxylic acid groups (broad SMARTS) is 1. The van der Waals surface area contributed by atoms with Crippen molar-refractivity contribution >= 4 is 16.9 Å². The van der Waals surface area contributed by atoms with E-state index in [9.17, 15) is 9.90 Å². The van der Waals surface area contributed by atoms with Crippen LogP contribution in [-0.4, -0.2) is 22.7 Å². The minimum absolute atomic E-state index is 0.00889. The molecule has 2 rings (SSSR count). The number of carboxylic acids is 1. The summed E-state index contributed by atoms with van der Waals surface area (Å²) in [4.78, 5) is 15.7. The second-order valence-electron chi connectivity index (χ2n) is 6.15. The first-order chi connectivity index (χ1) is 9.82. The standard InChI is InChI=1S/C17H21NO3/c1-5-8-21-15-13(16(19)20)10-11-9-12(17(2,3)4)6-7-14(11)18-15/h6-7,9-10H,5,8H2,1-4H3,(H,19,20). The van der Waals surface area contributed by atoms with Gasteiger partial charge in [-0.2, -0.15) is 0 Å². The fourth-order valence-corrected chi connectivity index (χ4v) is 2.09. The van der Waals surface area contributed by atoms with E-state index in [0.717, 1.165) is 22.9 Å². The van der Waals surface area contributed by atoms with Gasteiger partial charge in [-0.15, -0.1) is 0 Å². The molecule has 0 radical (unpaired) electrons. The van der Waals surface area contributed by atoms with Gasteiger partial charge < -0.3 is 9.84 Å². The Kier molecular flexibility index (Phi) is 4.16. The summed E-state index contributed by atoms with van der Waals surface area (Å²) in [6, 6.07) is 7.59. The number of aromatic carboxylic acids is 1. The zero-order chi connectivity index (χ0) is 15.6. The van der Waals surface area contributed by atoms with Crippen LogP contribution in [0.15, 0.2) is 24.3 Å². The first kappa shape index (κ1) is 15.3. The molecule has 0 aliphatic rings. The lowest BCUT2D eigenvalue weighted by Gasteiger charge is -2.19. The number of hydrogen-bond donors (Lipinski definition) is 1. The van der Waals surface area contributed by atoms with Gasteiger partial charge in [0.1, 0.15) is 5.56 Å². The third-order valence-electron chi connectivity index (χ3n) is 3.32. The van der Waals surface area contributed by atoms with Crippen LogP contribution in [0.2, 0.25) is 0 Å². The second kappa shape index (κ2) is 5.72. The summed E-state index contributed by atoms with van der Waals surface area (Å²) < 4.78 is 5.46. The highest BCUT2D eigenvalue weighted by Gasteiger charge is 2.18. The maximum absolute atomic E-state index is 11.4. The first-order valence-electron chi connectivity index (χ1n) is 7.14. The highest BCUT2D eigenvalue weighted by atomic mass is 16.5. The predicted molar refractivity (Wildman–Crippen MR) is 83.2 cm³/mol. The van der Waals surface area contributed by atoms with Crippen molar-refractivity contribution in [1.29, 1.82) is 0 Å². The molecule has 1 heterocycles. The van der Waals surface area contributed by atoms with Crippen LogP contribution in [0.5, 0.6) is 5.88 Å². The summed E-state index contributed by atoms with van der Waals surface area (Å²) in [5.41, 5.74) is 2.02. The summed E-state index contributed by atoms with van der Waals surface area (Å²) in [7, 11) is 0. The van der Waals surface area contributed by atoms with Crippen LogP contribution < -0.4 is 4.74 Å². The van der Waals surface area contributed by atoms with E-state index in [1.807, 2.05) is 25.1 Å². The van der Waals surface area contributed by atoms with Crippen LogP contribution in [0.25, 0.3) is 10.9 Å². The molecule has 0 spiro atoms. The van der Waals surface area contributed by atoms with Gasteiger partial charge in [0, 0.05) is 5.39 Å². The molecule has 1 aromatic carbocycles. The highest BCUT2D eigenvalue weighted by Crippen LogP contribution is 2.28. The van der Waals surface area contributed by atoms with Crippen LogP contribution in [0.3, 0.4) is 0 Å².